The smallest absolute Gasteiger partial charge is 0.276 e. The quantitative estimate of drug-likeness (QED) is 0.121. The maximum absolute atomic E-state index is 12.1. The molecule has 0 heterocycles. The van der Waals surface area contributed by atoms with Gasteiger partial charge in [0.15, 0.2) is 36.7 Å². The van der Waals surface area contributed by atoms with Crippen molar-refractivity contribution >= 4 is 58.3 Å². The largest absolute Gasteiger partial charge is 0.484 e. The lowest BCUT2D eigenvalue weighted by Gasteiger charge is -2.12. The predicted octanol–water partition coefficient (Wildman–Crippen LogP) is 1.26. The van der Waals surface area contributed by atoms with Crippen LogP contribution in [-0.2, 0) is 19.2 Å². The molecule has 0 aromatic heterocycles. The average Bonchev–Trinajstić information content (AvgIpc) is 3.04. The Kier molecular flexibility index (Phi) is 14.0. The van der Waals surface area contributed by atoms with Crippen molar-refractivity contribution in [3.05, 3.63) is 83.9 Å². The molecule has 0 spiro atoms. The number of rotatable bonds is 12. The minimum Gasteiger partial charge on any atom is -0.484 e. The van der Waals surface area contributed by atoms with Gasteiger partial charge < -0.3 is 18.9 Å². The van der Waals surface area contributed by atoms with Crippen LogP contribution < -0.4 is 51.3 Å². The van der Waals surface area contributed by atoms with E-state index in [1.807, 2.05) is 38.1 Å². The Labute approximate surface area is 275 Å². The summed E-state index contributed by atoms with van der Waals surface area (Å²) in [5.41, 5.74) is 11.6. The number of carbonyl (C=O) groups is 4. The fraction of sp³-hybridized carbons (Fsp3) is 0.200. The molecule has 6 N–H and O–H groups in total. The van der Waals surface area contributed by atoms with Gasteiger partial charge in [0.25, 0.3) is 23.6 Å². The number of hydrazine groups is 2. The highest BCUT2D eigenvalue weighted by molar-refractivity contribution is 7.80. The zero-order valence-electron chi connectivity index (χ0n) is 24.8. The third-order valence-corrected chi connectivity index (χ3v) is 5.89. The van der Waals surface area contributed by atoms with Gasteiger partial charge in [-0.2, -0.15) is 0 Å². The molecule has 4 amide bonds. The molecular formula is C30H32N6O8S2. The van der Waals surface area contributed by atoms with Crippen LogP contribution in [0.3, 0.4) is 0 Å². The van der Waals surface area contributed by atoms with E-state index in [2.05, 4.69) is 32.3 Å². The van der Waals surface area contributed by atoms with Crippen molar-refractivity contribution in [2.75, 3.05) is 26.4 Å². The van der Waals surface area contributed by atoms with Crippen LogP contribution >= 0.6 is 24.4 Å². The van der Waals surface area contributed by atoms with E-state index in [-0.39, 0.29) is 36.7 Å². The van der Waals surface area contributed by atoms with Crippen molar-refractivity contribution in [1.29, 1.82) is 0 Å². The van der Waals surface area contributed by atoms with E-state index >= 15 is 0 Å². The van der Waals surface area contributed by atoms with Crippen LogP contribution in [0.25, 0.3) is 0 Å². The number of hydrogen-bond donors (Lipinski definition) is 6. The third kappa shape index (κ3) is 13.9. The summed E-state index contributed by atoms with van der Waals surface area (Å²) in [6.45, 7) is 2.63. The number of ether oxygens (including phenoxy) is 4. The molecule has 0 aliphatic rings. The third-order valence-electron chi connectivity index (χ3n) is 5.48. The Balaban J connectivity index is 1.25. The van der Waals surface area contributed by atoms with Crippen molar-refractivity contribution in [2.24, 2.45) is 0 Å². The van der Waals surface area contributed by atoms with Crippen LogP contribution in [0.2, 0.25) is 0 Å². The summed E-state index contributed by atoms with van der Waals surface area (Å²) >= 11 is 9.97. The van der Waals surface area contributed by atoms with E-state index in [0.717, 1.165) is 11.1 Å². The molecule has 16 heteroatoms. The number of carbonyl (C=O) groups excluding carboxylic acids is 4. The van der Waals surface area contributed by atoms with E-state index in [1.165, 1.54) is 24.3 Å². The molecule has 0 fully saturated rings. The fourth-order valence-electron chi connectivity index (χ4n) is 3.21. The minimum atomic E-state index is -0.570. The summed E-state index contributed by atoms with van der Waals surface area (Å²) in [6.07, 6.45) is 0. The number of hydrogen-bond acceptors (Lipinski definition) is 10. The lowest BCUT2D eigenvalue weighted by atomic mass is 10.2. The number of thiocarbonyl (C=S) groups is 2. The first-order valence-electron chi connectivity index (χ1n) is 13.6. The molecule has 0 atom stereocenters. The van der Waals surface area contributed by atoms with Gasteiger partial charge in [-0.25, -0.2) is 0 Å². The highest BCUT2D eigenvalue weighted by Gasteiger charge is 2.10. The molecule has 0 saturated heterocycles. The van der Waals surface area contributed by atoms with Crippen molar-refractivity contribution in [3.8, 4) is 23.0 Å². The average molecular weight is 669 g/mol. The Hall–Kier alpha value is -5.48. The van der Waals surface area contributed by atoms with Crippen LogP contribution in [0.1, 0.15) is 11.1 Å². The molecule has 0 unspecified atom stereocenters. The molecule has 3 aromatic carbocycles. The van der Waals surface area contributed by atoms with Crippen LogP contribution in [0.5, 0.6) is 23.0 Å². The fourth-order valence-corrected chi connectivity index (χ4v) is 3.54. The standard InChI is InChI=1S/C30H32N6O8S2/c1-19-3-7-21(8-4-19)43-17-27(39)33-35-29(45)31-25(37)15-41-23-11-13-24(14-12-23)42-16-26(38)32-30(46)36-34-28(40)18-44-22-9-5-20(2)6-10-22/h3-14H,15-18H2,1-2H3,(H,33,39)(H,34,40)(H2,31,35,37,45)(H2,32,36,38,46). The van der Waals surface area contributed by atoms with Gasteiger partial charge in [0.2, 0.25) is 0 Å². The molecule has 0 aliphatic carbocycles. The molecule has 242 valence electrons. The van der Waals surface area contributed by atoms with E-state index in [9.17, 15) is 19.2 Å². The van der Waals surface area contributed by atoms with Gasteiger partial charge >= 0.3 is 0 Å². The number of nitrogens with one attached hydrogen (secondary N) is 6. The Morgan fingerprint density at radius 2 is 0.717 bits per heavy atom. The molecule has 3 rings (SSSR count). The van der Waals surface area contributed by atoms with Crippen LogP contribution in [0.15, 0.2) is 72.8 Å². The summed E-state index contributed by atoms with van der Waals surface area (Å²) in [4.78, 5) is 48.0. The molecular weight excluding hydrogens is 636 g/mol. The van der Waals surface area contributed by atoms with Gasteiger partial charge in [0.05, 0.1) is 0 Å². The highest BCUT2D eigenvalue weighted by atomic mass is 32.1. The van der Waals surface area contributed by atoms with Crippen LogP contribution in [0, 0.1) is 13.8 Å². The molecule has 0 saturated carbocycles. The molecule has 0 bridgehead atoms. The second-order valence-corrected chi connectivity index (χ2v) is 10.2. The van der Waals surface area contributed by atoms with Gasteiger partial charge in [-0.1, -0.05) is 35.4 Å². The van der Waals surface area contributed by atoms with E-state index < -0.39 is 23.6 Å². The highest BCUT2D eigenvalue weighted by Crippen LogP contribution is 2.17. The van der Waals surface area contributed by atoms with E-state index in [0.29, 0.717) is 23.0 Å². The van der Waals surface area contributed by atoms with E-state index in [1.54, 1.807) is 24.3 Å². The van der Waals surface area contributed by atoms with Crippen molar-refractivity contribution < 1.29 is 38.1 Å². The second-order valence-electron chi connectivity index (χ2n) is 9.35. The van der Waals surface area contributed by atoms with Crippen molar-refractivity contribution in [2.45, 2.75) is 13.8 Å². The van der Waals surface area contributed by atoms with Crippen LogP contribution in [0.4, 0.5) is 0 Å². The Morgan fingerprint density at radius 1 is 0.457 bits per heavy atom. The summed E-state index contributed by atoms with van der Waals surface area (Å²) < 4.78 is 21.5. The minimum absolute atomic E-state index is 0.136. The normalized spacial score (nSPS) is 9.96. The summed E-state index contributed by atoms with van der Waals surface area (Å²) in [6, 6.07) is 20.5. The van der Waals surface area contributed by atoms with Gasteiger partial charge in [-0.05, 0) is 86.8 Å². The molecule has 0 aliphatic heterocycles. The first kappa shape index (κ1) is 35.0. The Bertz CT molecular complexity index is 1410. The monoisotopic (exact) mass is 668 g/mol. The number of benzene rings is 3. The number of amides is 4. The first-order chi connectivity index (χ1) is 22.0. The zero-order chi connectivity index (χ0) is 33.3. The summed E-state index contributed by atoms with van der Waals surface area (Å²) in [5, 5.41) is 4.45. The molecule has 46 heavy (non-hydrogen) atoms. The van der Waals surface area contributed by atoms with Crippen LogP contribution in [-0.4, -0.2) is 60.3 Å². The maximum Gasteiger partial charge on any atom is 0.276 e. The molecule has 3 aromatic rings. The van der Waals surface area contributed by atoms with Crippen molar-refractivity contribution in [3.63, 3.8) is 0 Å². The molecule has 0 radical (unpaired) electrons. The van der Waals surface area contributed by atoms with Gasteiger partial charge in [-0.15, -0.1) is 0 Å². The van der Waals surface area contributed by atoms with Gasteiger partial charge in [-0.3, -0.25) is 51.5 Å². The zero-order valence-corrected chi connectivity index (χ0v) is 26.5. The van der Waals surface area contributed by atoms with Gasteiger partial charge in [0, 0.05) is 0 Å². The Morgan fingerprint density at radius 3 is 1.02 bits per heavy atom. The lowest BCUT2D eigenvalue weighted by Crippen LogP contribution is -2.50. The topological polar surface area (TPSA) is 177 Å². The predicted molar refractivity (Wildman–Crippen MR) is 175 cm³/mol. The SMILES string of the molecule is Cc1ccc(OCC(=O)NNC(=S)NC(=O)COc2ccc(OCC(=O)NC(=S)NNC(=O)COc3ccc(C)cc3)cc2)cc1. The maximum atomic E-state index is 12.1. The number of aryl methyl sites for hydroxylation is 2. The summed E-state index contributed by atoms with van der Waals surface area (Å²) in [7, 11) is 0. The first-order valence-corrected chi connectivity index (χ1v) is 14.4. The van der Waals surface area contributed by atoms with Crippen molar-refractivity contribution in [1.82, 2.24) is 32.3 Å². The summed E-state index contributed by atoms with van der Waals surface area (Å²) in [5.74, 6) is -0.375. The molecule has 14 nitrogen and oxygen atoms in total. The second kappa shape index (κ2) is 18.4. The van der Waals surface area contributed by atoms with E-state index in [4.69, 9.17) is 43.4 Å². The lowest BCUT2D eigenvalue weighted by molar-refractivity contribution is -0.124. The van der Waals surface area contributed by atoms with Gasteiger partial charge in [0.1, 0.15) is 23.0 Å².